The van der Waals surface area contributed by atoms with E-state index in [0.29, 0.717) is 17.8 Å². The lowest BCUT2D eigenvalue weighted by molar-refractivity contribution is 0.0951. The molecule has 2 aromatic carbocycles. The van der Waals surface area contributed by atoms with Gasteiger partial charge in [0.25, 0.3) is 5.91 Å². The fourth-order valence-electron chi connectivity index (χ4n) is 1.94. The molecular weight excluding hydrogens is 330 g/mol. The van der Waals surface area contributed by atoms with E-state index in [9.17, 15) is 4.79 Å². The molecule has 4 nitrogen and oxygen atoms in total. The highest BCUT2D eigenvalue weighted by Crippen LogP contribution is 2.17. The van der Waals surface area contributed by atoms with Crippen LogP contribution in [0.2, 0.25) is 0 Å². The third kappa shape index (κ3) is 4.23. The van der Waals surface area contributed by atoms with Gasteiger partial charge in [-0.2, -0.15) is 0 Å². The Hall–Kier alpha value is -2.01. The predicted octanol–water partition coefficient (Wildman–Crippen LogP) is 3.03. The van der Waals surface area contributed by atoms with E-state index in [2.05, 4.69) is 21.2 Å². The first-order valence-electron chi connectivity index (χ1n) is 6.56. The van der Waals surface area contributed by atoms with Gasteiger partial charge in [-0.25, -0.2) is 0 Å². The Morgan fingerprint density at radius 3 is 2.43 bits per heavy atom. The Morgan fingerprint density at radius 1 is 1.19 bits per heavy atom. The zero-order valence-electron chi connectivity index (χ0n) is 12.1. The van der Waals surface area contributed by atoms with Crippen molar-refractivity contribution in [2.24, 2.45) is 0 Å². The minimum atomic E-state index is -0.139. The topological polar surface area (TPSA) is 58.4 Å². The van der Waals surface area contributed by atoms with Crippen molar-refractivity contribution in [1.82, 2.24) is 5.32 Å². The number of anilines is 2. The molecule has 0 aliphatic rings. The minimum absolute atomic E-state index is 0.139. The van der Waals surface area contributed by atoms with Crippen molar-refractivity contribution in [2.75, 3.05) is 24.7 Å². The quantitative estimate of drug-likeness (QED) is 0.835. The number of hydrogen-bond acceptors (Lipinski definition) is 3. The lowest BCUT2D eigenvalue weighted by Gasteiger charge is -2.13. The molecule has 0 aromatic heterocycles. The normalized spacial score (nSPS) is 10.2. The van der Waals surface area contributed by atoms with Crippen molar-refractivity contribution in [1.29, 1.82) is 0 Å². The summed E-state index contributed by atoms with van der Waals surface area (Å²) >= 11 is 3.33. The smallest absolute Gasteiger partial charge is 0.251 e. The number of carbonyl (C=O) groups excluding carboxylic acids is 1. The number of nitrogens with one attached hydrogen (secondary N) is 1. The van der Waals surface area contributed by atoms with E-state index < -0.39 is 0 Å². The van der Waals surface area contributed by atoms with Crippen LogP contribution in [0, 0.1) is 0 Å². The van der Waals surface area contributed by atoms with Crippen molar-refractivity contribution in [2.45, 2.75) is 6.54 Å². The number of amides is 1. The van der Waals surface area contributed by atoms with E-state index in [-0.39, 0.29) is 5.91 Å². The van der Waals surface area contributed by atoms with Crippen LogP contribution in [0.15, 0.2) is 46.9 Å². The van der Waals surface area contributed by atoms with Gasteiger partial charge < -0.3 is 16.0 Å². The summed E-state index contributed by atoms with van der Waals surface area (Å²) in [6.07, 6.45) is 0. The third-order valence-electron chi connectivity index (χ3n) is 3.09. The molecule has 3 N–H and O–H groups in total. The van der Waals surface area contributed by atoms with Gasteiger partial charge in [0, 0.05) is 42.1 Å². The molecule has 0 aliphatic heterocycles. The van der Waals surface area contributed by atoms with Gasteiger partial charge >= 0.3 is 0 Å². The third-order valence-corrected chi connectivity index (χ3v) is 3.55. The Bertz CT molecular complexity index is 618. The van der Waals surface area contributed by atoms with Gasteiger partial charge in [-0.3, -0.25) is 4.79 Å². The van der Waals surface area contributed by atoms with Crippen molar-refractivity contribution in [3.63, 3.8) is 0 Å². The summed E-state index contributed by atoms with van der Waals surface area (Å²) in [5, 5.41) is 2.89. The maximum atomic E-state index is 12.1. The number of nitrogen functional groups attached to an aromatic ring is 1. The molecule has 0 aliphatic carbocycles. The summed E-state index contributed by atoms with van der Waals surface area (Å²) in [6, 6.07) is 13.2. The molecule has 0 saturated heterocycles. The van der Waals surface area contributed by atoms with Crippen molar-refractivity contribution >= 4 is 33.2 Å². The monoisotopic (exact) mass is 347 g/mol. The first-order chi connectivity index (χ1) is 9.95. The van der Waals surface area contributed by atoms with Gasteiger partial charge in [-0.1, -0.05) is 28.1 Å². The average Bonchev–Trinajstić information content (AvgIpc) is 2.44. The summed E-state index contributed by atoms with van der Waals surface area (Å²) < 4.78 is 0.794. The summed E-state index contributed by atoms with van der Waals surface area (Å²) in [5.74, 6) is -0.139. The minimum Gasteiger partial charge on any atom is -0.399 e. The van der Waals surface area contributed by atoms with Crippen LogP contribution in [0.1, 0.15) is 15.9 Å². The molecule has 0 spiro atoms. The second kappa shape index (κ2) is 6.63. The standard InChI is InChI=1S/C16H18BrN3O/c1-20(2)15-5-3-11(4-6-15)10-19-16(21)12-7-13(17)9-14(18)8-12/h3-9H,10,18H2,1-2H3,(H,19,21). The molecule has 0 saturated carbocycles. The lowest BCUT2D eigenvalue weighted by Crippen LogP contribution is -2.23. The fourth-order valence-corrected chi connectivity index (χ4v) is 2.45. The van der Waals surface area contributed by atoms with E-state index in [4.69, 9.17) is 5.73 Å². The van der Waals surface area contributed by atoms with Crippen LogP contribution < -0.4 is 16.0 Å². The highest BCUT2D eigenvalue weighted by atomic mass is 79.9. The van der Waals surface area contributed by atoms with Crippen LogP contribution in [-0.2, 0) is 6.54 Å². The fraction of sp³-hybridized carbons (Fsp3) is 0.188. The van der Waals surface area contributed by atoms with Crippen LogP contribution in [0.4, 0.5) is 11.4 Å². The maximum Gasteiger partial charge on any atom is 0.251 e. The number of benzene rings is 2. The van der Waals surface area contributed by atoms with Gasteiger partial charge in [0.15, 0.2) is 0 Å². The first-order valence-corrected chi connectivity index (χ1v) is 7.35. The van der Waals surface area contributed by atoms with E-state index in [1.807, 2.05) is 43.3 Å². The van der Waals surface area contributed by atoms with E-state index in [1.54, 1.807) is 18.2 Å². The summed E-state index contributed by atoms with van der Waals surface area (Å²) in [4.78, 5) is 14.1. The number of nitrogens with zero attached hydrogens (tertiary/aromatic N) is 1. The molecule has 2 aromatic rings. The second-order valence-corrected chi connectivity index (χ2v) is 5.93. The zero-order chi connectivity index (χ0) is 15.4. The summed E-state index contributed by atoms with van der Waals surface area (Å²) in [7, 11) is 3.99. The van der Waals surface area contributed by atoms with E-state index in [0.717, 1.165) is 15.7 Å². The summed E-state index contributed by atoms with van der Waals surface area (Å²) in [6.45, 7) is 0.485. The molecule has 1 amide bonds. The van der Waals surface area contributed by atoms with Crippen LogP contribution in [0.5, 0.6) is 0 Å². The van der Waals surface area contributed by atoms with Gasteiger partial charge in [0.2, 0.25) is 0 Å². The Morgan fingerprint density at radius 2 is 1.86 bits per heavy atom. The van der Waals surface area contributed by atoms with Crippen molar-refractivity contribution < 1.29 is 4.79 Å². The molecule has 0 unspecified atom stereocenters. The van der Waals surface area contributed by atoms with Crippen molar-refractivity contribution in [3.8, 4) is 0 Å². The highest BCUT2D eigenvalue weighted by molar-refractivity contribution is 9.10. The summed E-state index contributed by atoms with van der Waals surface area (Å²) in [5.41, 5.74) is 9.03. The molecule has 5 heteroatoms. The first kappa shape index (κ1) is 15.4. The average molecular weight is 348 g/mol. The van der Waals surface area contributed by atoms with Gasteiger partial charge in [0.1, 0.15) is 0 Å². The van der Waals surface area contributed by atoms with E-state index in [1.165, 1.54) is 0 Å². The number of halogens is 1. The van der Waals surface area contributed by atoms with E-state index >= 15 is 0 Å². The zero-order valence-corrected chi connectivity index (χ0v) is 13.6. The van der Waals surface area contributed by atoms with Crippen LogP contribution >= 0.6 is 15.9 Å². The molecule has 110 valence electrons. The number of hydrogen-bond donors (Lipinski definition) is 2. The lowest BCUT2D eigenvalue weighted by atomic mass is 10.1. The number of rotatable bonds is 4. The van der Waals surface area contributed by atoms with Gasteiger partial charge in [-0.05, 0) is 35.9 Å². The van der Waals surface area contributed by atoms with Gasteiger partial charge in [-0.15, -0.1) is 0 Å². The Balaban J connectivity index is 2.00. The Labute approximate surface area is 133 Å². The molecule has 21 heavy (non-hydrogen) atoms. The number of carbonyl (C=O) groups is 1. The molecule has 0 fully saturated rings. The predicted molar refractivity (Wildman–Crippen MR) is 90.5 cm³/mol. The SMILES string of the molecule is CN(C)c1ccc(CNC(=O)c2cc(N)cc(Br)c2)cc1. The van der Waals surface area contributed by atoms with Gasteiger partial charge in [0.05, 0.1) is 0 Å². The molecule has 0 radical (unpaired) electrons. The second-order valence-electron chi connectivity index (χ2n) is 5.02. The molecule has 0 atom stereocenters. The Kier molecular flexibility index (Phi) is 4.85. The van der Waals surface area contributed by atoms with Crippen molar-refractivity contribution in [3.05, 3.63) is 58.1 Å². The van der Waals surface area contributed by atoms with Crippen LogP contribution in [0.3, 0.4) is 0 Å². The largest absolute Gasteiger partial charge is 0.399 e. The molecule has 0 bridgehead atoms. The number of nitrogens with two attached hydrogens (primary N) is 1. The van der Waals surface area contributed by atoms with Crippen LogP contribution in [-0.4, -0.2) is 20.0 Å². The molecular formula is C16H18BrN3O. The van der Waals surface area contributed by atoms with Crippen LogP contribution in [0.25, 0.3) is 0 Å². The maximum absolute atomic E-state index is 12.1. The molecule has 2 rings (SSSR count). The highest BCUT2D eigenvalue weighted by Gasteiger charge is 2.07. The molecule has 0 heterocycles.